The number of hydrogen-bond donors (Lipinski definition) is 0. The summed E-state index contributed by atoms with van der Waals surface area (Å²) >= 11 is 0. The SMILES string of the molecule is N#Cc1cc(F)c(N2CCC3(CC2)OCCO3)c(F)c1. The maximum absolute atomic E-state index is 14.0. The lowest BCUT2D eigenvalue weighted by Crippen LogP contribution is -2.45. The number of nitriles is 1. The van der Waals surface area contributed by atoms with Crippen LogP contribution in [0.2, 0.25) is 0 Å². The zero-order chi connectivity index (χ0) is 14.2. The van der Waals surface area contributed by atoms with Crippen LogP contribution in [0.4, 0.5) is 14.5 Å². The van der Waals surface area contributed by atoms with Crippen LogP contribution in [0.5, 0.6) is 0 Å². The van der Waals surface area contributed by atoms with Gasteiger partial charge >= 0.3 is 0 Å². The predicted molar refractivity (Wildman–Crippen MR) is 67.2 cm³/mol. The Morgan fingerprint density at radius 3 is 2.15 bits per heavy atom. The van der Waals surface area contributed by atoms with Crippen LogP contribution in [-0.4, -0.2) is 32.1 Å². The summed E-state index contributed by atoms with van der Waals surface area (Å²) in [5.41, 5.74) is -0.0865. The molecule has 2 fully saturated rings. The second-order valence-electron chi connectivity index (χ2n) is 4.99. The first-order valence-corrected chi connectivity index (χ1v) is 6.56. The number of piperidine rings is 1. The van der Waals surface area contributed by atoms with Crippen molar-refractivity contribution in [1.82, 2.24) is 0 Å². The third-order valence-corrected chi connectivity index (χ3v) is 3.80. The molecule has 0 aliphatic carbocycles. The molecule has 0 N–H and O–H groups in total. The van der Waals surface area contributed by atoms with Gasteiger partial charge in [0.15, 0.2) is 17.4 Å². The Balaban J connectivity index is 1.80. The van der Waals surface area contributed by atoms with Gasteiger partial charge in [-0.15, -0.1) is 0 Å². The largest absolute Gasteiger partial charge is 0.366 e. The van der Waals surface area contributed by atoms with Gasteiger partial charge in [-0.25, -0.2) is 8.78 Å². The van der Waals surface area contributed by atoms with Crippen molar-refractivity contribution in [3.63, 3.8) is 0 Å². The van der Waals surface area contributed by atoms with E-state index in [1.54, 1.807) is 11.0 Å². The molecule has 3 rings (SSSR count). The summed E-state index contributed by atoms with van der Waals surface area (Å²) in [6.45, 7) is 2.05. The number of rotatable bonds is 1. The standard InChI is InChI=1S/C14H14F2N2O2/c15-11-7-10(9-17)8-12(16)13(11)18-3-1-14(2-4-18)19-5-6-20-14/h7-8H,1-6H2. The highest BCUT2D eigenvalue weighted by Crippen LogP contribution is 2.35. The van der Waals surface area contributed by atoms with Crippen molar-refractivity contribution in [2.24, 2.45) is 0 Å². The molecule has 0 amide bonds. The van der Waals surface area contributed by atoms with Crippen LogP contribution < -0.4 is 4.90 Å². The molecular weight excluding hydrogens is 266 g/mol. The molecule has 1 aromatic rings. The van der Waals surface area contributed by atoms with E-state index >= 15 is 0 Å². The van der Waals surface area contributed by atoms with E-state index in [0.29, 0.717) is 39.1 Å². The number of halogens is 2. The van der Waals surface area contributed by atoms with Gasteiger partial charge in [0.2, 0.25) is 0 Å². The summed E-state index contributed by atoms with van der Waals surface area (Å²) in [5.74, 6) is -1.98. The smallest absolute Gasteiger partial charge is 0.171 e. The Labute approximate surface area is 115 Å². The van der Waals surface area contributed by atoms with Gasteiger partial charge in [0.1, 0.15) is 5.69 Å². The molecule has 6 heteroatoms. The zero-order valence-corrected chi connectivity index (χ0v) is 10.9. The van der Waals surface area contributed by atoms with Crippen LogP contribution in [0.25, 0.3) is 0 Å². The first-order valence-electron chi connectivity index (χ1n) is 6.56. The van der Waals surface area contributed by atoms with E-state index in [-0.39, 0.29) is 11.3 Å². The minimum Gasteiger partial charge on any atom is -0.366 e. The Kier molecular flexibility index (Phi) is 3.32. The van der Waals surface area contributed by atoms with E-state index in [1.165, 1.54) is 0 Å². The second-order valence-corrected chi connectivity index (χ2v) is 4.99. The summed E-state index contributed by atoms with van der Waals surface area (Å²) in [5, 5.41) is 8.70. The zero-order valence-electron chi connectivity index (χ0n) is 10.9. The summed E-state index contributed by atoms with van der Waals surface area (Å²) in [6.07, 6.45) is 1.15. The highest BCUT2D eigenvalue weighted by Gasteiger charge is 2.40. The lowest BCUT2D eigenvalue weighted by molar-refractivity contribution is -0.169. The van der Waals surface area contributed by atoms with E-state index in [4.69, 9.17) is 14.7 Å². The Morgan fingerprint density at radius 2 is 1.65 bits per heavy atom. The van der Waals surface area contributed by atoms with Crippen molar-refractivity contribution in [1.29, 1.82) is 5.26 Å². The van der Waals surface area contributed by atoms with E-state index in [9.17, 15) is 8.78 Å². The fraction of sp³-hybridized carbons (Fsp3) is 0.500. The molecule has 4 nitrogen and oxygen atoms in total. The third-order valence-electron chi connectivity index (χ3n) is 3.80. The fourth-order valence-corrected chi connectivity index (χ4v) is 2.79. The first kappa shape index (κ1) is 13.3. The highest BCUT2D eigenvalue weighted by molar-refractivity contribution is 5.53. The van der Waals surface area contributed by atoms with Crippen molar-refractivity contribution in [3.05, 3.63) is 29.3 Å². The van der Waals surface area contributed by atoms with Gasteiger partial charge in [-0.1, -0.05) is 0 Å². The Morgan fingerprint density at radius 1 is 1.10 bits per heavy atom. The first-order chi connectivity index (χ1) is 9.63. The van der Waals surface area contributed by atoms with Gasteiger partial charge in [-0.05, 0) is 12.1 Å². The summed E-state index contributed by atoms with van der Waals surface area (Å²) in [6, 6.07) is 3.86. The quantitative estimate of drug-likeness (QED) is 0.791. The van der Waals surface area contributed by atoms with Gasteiger partial charge in [0, 0.05) is 25.9 Å². The van der Waals surface area contributed by atoms with Crippen molar-refractivity contribution < 1.29 is 18.3 Å². The Bertz CT molecular complexity index is 532. The number of ether oxygens (including phenoxy) is 2. The lowest BCUT2D eigenvalue weighted by atomic mass is 10.0. The number of hydrogen-bond acceptors (Lipinski definition) is 4. The molecule has 2 aliphatic heterocycles. The average Bonchev–Trinajstić information content (AvgIpc) is 2.88. The van der Waals surface area contributed by atoms with Crippen LogP contribution in [0.1, 0.15) is 18.4 Å². The molecule has 0 saturated carbocycles. The minimum atomic E-state index is -0.703. The third kappa shape index (κ3) is 2.23. The molecule has 2 aliphatic rings. The molecule has 1 spiro atoms. The van der Waals surface area contributed by atoms with Crippen molar-refractivity contribution in [2.75, 3.05) is 31.2 Å². The number of anilines is 1. The van der Waals surface area contributed by atoms with E-state index < -0.39 is 17.4 Å². The molecule has 2 saturated heterocycles. The van der Waals surface area contributed by atoms with Crippen LogP contribution >= 0.6 is 0 Å². The fourth-order valence-electron chi connectivity index (χ4n) is 2.79. The van der Waals surface area contributed by atoms with Gasteiger partial charge in [-0.2, -0.15) is 5.26 Å². The van der Waals surface area contributed by atoms with Crippen LogP contribution in [0.3, 0.4) is 0 Å². The molecule has 20 heavy (non-hydrogen) atoms. The molecule has 1 aromatic carbocycles. The van der Waals surface area contributed by atoms with Gasteiger partial charge in [0.25, 0.3) is 0 Å². The van der Waals surface area contributed by atoms with Crippen LogP contribution in [0.15, 0.2) is 12.1 Å². The minimum absolute atomic E-state index is 0.0142. The maximum atomic E-state index is 14.0. The van der Waals surface area contributed by atoms with E-state index in [1.807, 2.05) is 0 Å². The monoisotopic (exact) mass is 280 g/mol. The van der Waals surface area contributed by atoms with Gasteiger partial charge in [-0.3, -0.25) is 0 Å². The molecule has 0 radical (unpaired) electrons. The van der Waals surface area contributed by atoms with Gasteiger partial charge in [0.05, 0.1) is 24.8 Å². The lowest BCUT2D eigenvalue weighted by Gasteiger charge is -2.38. The highest BCUT2D eigenvalue weighted by atomic mass is 19.1. The number of nitrogens with zero attached hydrogens (tertiary/aromatic N) is 2. The van der Waals surface area contributed by atoms with Crippen LogP contribution in [0, 0.1) is 23.0 Å². The molecular formula is C14H14F2N2O2. The van der Waals surface area contributed by atoms with Crippen molar-refractivity contribution in [3.8, 4) is 6.07 Å². The normalized spacial score (nSPS) is 21.1. The summed E-state index contributed by atoms with van der Waals surface area (Å²) in [4.78, 5) is 1.64. The van der Waals surface area contributed by atoms with Crippen molar-refractivity contribution >= 4 is 5.69 Å². The summed E-state index contributed by atoms with van der Waals surface area (Å²) < 4.78 is 39.1. The number of benzene rings is 1. The summed E-state index contributed by atoms with van der Waals surface area (Å²) in [7, 11) is 0. The second kappa shape index (κ2) is 5.00. The molecule has 2 heterocycles. The molecule has 0 unspecified atom stereocenters. The van der Waals surface area contributed by atoms with Gasteiger partial charge < -0.3 is 14.4 Å². The Hall–Kier alpha value is -1.71. The van der Waals surface area contributed by atoms with Crippen LogP contribution in [-0.2, 0) is 9.47 Å². The van der Waals surface area contributed by atoms with E-state index in [2.05, 4.69) is 0 Å². The van der Waals surface area contributed by atoms with Crippen molar-refractivity contribution in [2.45, 2.75) is 18.6 Å². The topological polar surface area (TPSA) is 45.5 Å². The molecule has 0 bridgehead atoms. The molecule has 0 aromatic heterocycles. The van der Waals surface area contributed by atoms with E-state index in [0.717, 1.165) is 12.1 Å². The molecule has 106 valence electrons. The average molecular weight is 280 g/mol. The maximum Gasteiger partial charge on any atom is 0.171 e. The molecule has 0 atom stereocenters. The predicted octanol–water partition coefficient (Wildman–Crippen LogP) is 2.18.